The lowest BCUT2D eigenvalue weighted by Crippen LogP contribution is -1.92. The second-order valence-electron chi connectivity index (χ2n) is 2.94. The van der Waals surface area contributed by atoms with Crippen LogP contribution in [0, 0.1) is 0 Å². The molecule has 2 aromatic rings. The van der Waals surface area contributed by atoms with Crippen LogP contribution in [0.15, 0.2) is 34.9 Å². The van der Waals surface area contributed by atoms with Gasteiger partial charge in [0.05, 0.1) is 6.54 Å². The van der Waals surface area contributed by atoms with Gasteiger partial charge in [-0.15, -0.1) is 0 Å². The second kappa shape index (κ2) is 3.51. The number of hydrogen-bond acceptors (Lipinski definition) is 4. The molecule has 14 heavy (non-hydrogen) atoms. The number of rotatable bonds is 2. The molecule has 72 valence electrons. The Morgan fingerprint density at radius 3 is 2.64 bits per heavy atom. The van der Waals surface area contributed by atoms with E-state index in [-0.39, 0.29) is 0 Å². The normalized spacial score (nSPS) is 10.4. The first-order valence-corrected chi connectivity index (χ1v) is 4.30. The molecule has 4 N–H and O–H groups in total. The Morgan fingerprint density at radius 1 is 1.21 bits per heavy atom. The standard InChI is InChI=1S/C10H11N3O/c11-5-8-2-3-9(14-8)7-1-4-10(12)13-6-7/h1-4,6H,5,11H2,(H2,12,13). The first-order chi connectivity index (χ1) is 6.79. The third-order valence-corrected chi connectivity index (χ3v) is 1.93. The largest absolute Gasteiger partial charge is 0.460 e. The van der Waals surface area contributed by atoms with Gasteiger partial charge in [-0.3, -0.25) is 0 Å². The number of nitrogens with zero attached hydrogens (tertiary/aromatic N) is 1. The van der Waals surface area contributed by atoms with Crippen LogP contribution in [0.2, 0.25) is 0 Å². The van der Waals surface area contributed by atoms with Gasteiger partial charge in [-0.05, 0) is 24.3 Å². The van der Waals surface area contributed by atoms with Crippen molar-refractivity contribution >= 4 is 5.82 Å². The van der Waals surface area contributed by atoms with E-state index in [0.717, 1.165) is 17.1 Å². The number of nitrogen functional groups attached to an aromatic ring is 1. The van der Waals surface area contributed by atoms with E-state index in [9.17, 15) is 0 Å². The van der Waals surface area contributed by atoms with Crippen LogP contribution in [0.1, 0.15) is 5.76 Å². The van der Waals surface area contributed by atoms with E-state index in [4.69, 9.17) is 15.9 Å². The Kier molecular flexibility index (Phi) is 2.20. The van der Waals surface area contributed by atoms with Crippen molar-refractivity contribution in [3.05, 3.63) is 36.2 Å². The molecule has 2 heterocycles. The van der Waals surface area contributed by atoms with Gasteiger partial charge >= 0.3 is 0 Å². The second-order valence-corrected chi connectivity index (χ2v) is 2.94. The summed E-state index contributed by atoms with van der Waals surface area (Å²) >= 11 is 0. The van der Waals surface area contributed by atoms with E-state index in [1.165, 1.54) is 0 Å². The van der Waals surface area contributed by atoms with Gasteiger partial charge in [-0.1, -0.05) is 0 Å². The molecule has 4 nitrogen and oxygen atoms in total. The summed E-state index contributed by atoms with van der Waals surface area (Å²) < 4.78 is 5.45. The Morgan fingerprint density at radius 2 is 2.07 bits per heavy atom. The average molecular weight is 189 g/mol. The zero-order valence-electron chi connectivity index (χ0n) is 7.60. The minimum atomic E-state index is 0.405. The summed E-state index contributed by atoms with van der Waals surface area (Å²) in [6.07, 6.45) is 1.68. The molecule has 0 fully saturated rings. The summed E-state index contributed by atoms with van der Waals surface area (Å²) in [6.45, 7) is 0.405. The smallest absolute Gasteiger partial charge is 0.135 e. The monoisotopic (exact) mass is 189 g/mol. The number of aromatic nitrogens is 1. The first-order valence-electron chi connectivity index (χ1n) is 4.30. The average Bonchev–Trinajstić information content (AvgIpc) is 2.67. The van der Waals surface area contributed by atoms with Gasteiger partial charge in [0.15, 0.2) is 0 Å². The Bertz CT molecular complexity index is 419. The van der Waals surface area contributed by atoms with Crippen molar-refractivity contribution in [2.24, 2.45) is 5.73 Å². The van der Waals surface area contributed by atoms with Crippen molar-refractivity contribution in [2.45, 2.75) is 6.54 Å². The Balaban J connectivity index is 2.34. The van der Waals surface area contributed by atoms with Gasteiger partial charge in [0, 0.05) is 11.8 Å². The van der Waals surface area contributed by atoms with Crippen LogP contribution in [0.5, 0.6) is 0 Å². The fourth-order valence-electron chi connectivity index (χ4n) is 1.19. The molecule has 0 atom stereocenters. The molecule has 2 rings (SSSR count). The van der Waals surface area contributed by atoms with Gasteiger partial charge in [0.25, 0.3) is 0 Å². The van der Waals surface area contributed by atoms with Crippen LogP contribution < -0.4 is 11.5 Å². The maximum atomic E-state index is 5.47. The molecule has 2 aromatic heterocycles. The zero-order chi connectivity index (χ0) is 9.97. The minimum Gasteiger partial charge on any atom is -0.460 e. The highest BCUT2D eigenvalue weighted by Crippen LogP contribution is 2.21. The zero-order valence-corrected chi connectivity index (χ0v) is 7.60. The lowest BCUT2D eigenvalue weighted by atomic mass is 10.2. The minimum absolute atomic E-state index is 0.405. The van der Waals surface area contributed by atoms with E-state index in [1.54, 1.807) is 12.3 Å². The van der Waals surface area contributed by atoms with Crippen molar-refractivity contribution in [3.8, 4) is 11.3 Å². The summed E-state index contributed by atoms with van der Waals surface area (Å²) in [6, 6.07) is 7.32. The summed E-state index contributed by atoms with van der Waals surface area (Å²) in [5.74, 6) is 2.02. The predicted molar refractivity (Wildman–Crippen MR) is 54.2 cm³/mol. The molecule has 0 unspecified atom stereocenters. The van der Waals surface area contributed by atoms with Gasteiger partial charge in [-0.25, -0.2) is 4.98 Å². The third kappa shape index (κ3) is 1.60. The summed E-state index contributed by atoms with van der Waals surface area (Å²) in [4.78, 5) is 3.98. The molecule has 0 amide bonds. The lowest BCUT2D eigenvalue weighted by molar-refractivity contribution is 0.525. The van der Waals surface area contributed by atoms with Crippen LogP contribution in [-0.4, -0.2) is 4.98 Å². The molecule has 0 saturated heterocycles. The van der Waals surface area contributed by atoms with Crippen LogP contribution in [0.4, 0.5) is 5.82 Å². The van der Waals surface area contributed by atoms with Crippen LogP contribution in [0.3, 0.4) is 0 Å². The van der Waals surface area contributed by atoms with Crippen LogP contribution in [-0.2, 0) is 6.54 Å². The number of anilines is 1. The maximum absolute atomic E-state index is 5.47. The SMILES string of the molecule is NCc1ccc(-c2ccc(N)nc2)o1. The van der Waals surface area contributed by atoms with Gasteiger partial charge in [-0.2, -0.15) is 0 Å². The molecule has 0 aliphatic rings. The Labute approximate surface area is 81.5 Å². The summed E-state index contributed by atoms with van der Waals surface area (Å²) in [5.41, 5.74) is 11.8. The highest BCUT2D eigenvalue weighted by atomic mass is 16.3. The number of hydrogen-bond donors (Lipinski definition) is 2. The predicted octanol–water partition coefficient (Wildman–Crippen LogP) is 1.38. The highest BCUT2D eigenvalue weighted by molar-refractivity contribution is 5.57. The number of furan rings is 1. The van der Waals surface area contributed by atoms with Gasteiger partial charge in [0.2, 0.25) is 0 Å². The lowest BCUT2D eigenvalue weighted by Gasteiger charge is -1.96. The molecule has 0 bridgehead atoms. The summed E-state index contributed by atoms with van der Waals surface area (Å²) in [7, 11) is 0. The van der Waals surface area contributed by atoms with Crippen molar-refractivity contribution in [2.75, 3.05) is 5.73 Å². The van der Waals surface area contributed by atoms with Gasteiger partial charge < -0.3 is 15.9 Å². The molecule has 0 spiro atoms. The number of nitrogens with two attached hydrogens (primary N) is 2. The van der Waals surface area contributed by atoms with E-state index in [0.29, 0.717) is 12.4 Å². The van der Waals surface area contributed by atoms with Crippen molar-refractivity contribution in [3.63, 3.8) is 0 Å². The quantitative estimate of drug-likeness (QED) is 0.748. The van der Waals surface area contributed by atoms with Gasteiger partial charge in [0.1, 0.15) is 17.3 Å². The highest BCUT2D eigenvalue weighted by Gasteiger charge is 2.03. The molecule has 0 aliphatic carbocycles. The molecule has 0 aliphatic heterocycles. The first kappa shape index (κ1) is 8.77. The topological polar surface area (TPSA) is 78.1 Å². The maximum Gasteiger partial charge on any atom is 0.135 e. The number of pyridine rings is 1. The molecular formula is C10H11N3O. The molecular weight excluding hydrogens is 178 g/mol. The van der Waals surface area contributed by atoms with Crippen molar-refractivity contribution in [1.82, 2.24) is 4.98 Å². The van der Waals surface area contributed by atoms with Crippen molar-refractivity contribution < 1.29 is 4.42 Å². The van der Waals surface area contributed by atoms with E-state index < -0.39 is 0 Å². The van der Waals surface area contributed by atoms with E-state index in [2.05, 4.69) is 4.98 Å². The molecule has 0 aromatic carbocycles. The van der Waals surface area contributed by atoms with E-state index >= 15 is 0 Å². The van der Waals surface area contributed by atoms with Crippen LogP contribution >= 0.6 is 0 Å². The summed E-state index contributed by atoms with van der Waals surface area (Å²) in [5, 5.41) is 0. The fraction of sp³-hybridized carbons (Fsp3) is 0.100. The third-order valence-electron chi connectivity index (χ3n) is 1.93. The Hall–Kier alpha value is -1.81. The van der Waals surface area contributed by atoms with Crippen molar-refractivity contribution in [1.29, 1.82) is 0 Å². The van der Waals surface area contributed by atoms with E-state index in [1.807, 2.05) is 18.2 Å². The molecule has 0 saturated carbocycles. The van der Waals surface area contributed by atoms with Crippen LogP contribution in [0.25, 0.3) is 11.3 Å². The molecule has 4 heteroatoms. The fourth-order valence-corrected chi connectivity index (χ4v) is 1.19. The molecule has 0 radical (unpaired) electrons.